The summed E-state index contributed by atoms with van der Waals surface area (Å²) in [4.78, 5) is 0. The van der Waals surface area contributed by atoms with Gasteiger partial charge in [-0.25, -0.2) is 0 Å². The summed E-state index contributed by atoms with van der Waals surface area (Å²) in [5.74, 6) is 0. The van der Waals surface area contributed by atoms with E-state index in [0.717, 1.165) is 0 Å². The summed E-state index contributed by atoms with van der Waals surface area (Å²) in [6.07, 6.45) is 0. The highest BCUT2D eigenvalue weighted by molar-refractivity contribution is 7.81. The van der Waals surface area contributed by atoms with Crippen molar-refractivity contribution in [2.24, 2.45) is 0 Å². The molecule has 0 aromatic rings. The first-order valence-electron chi connectivity index (χ1n) is 0.642. The van der Waals surface area contributed by atoms with Crippen LogP contribution in [0.3, 0.4) is 0 Å². The minimum atomic E-state index is -5.67. The van der Waals surface area contributed by atoms with Gasteiger partial charge in [0.15, 0.2) is 0 Å². The summed E-state index contributed by atoms with van der Waals surface area (Å²) in [5.41, 5.74) is 0. The molecule has 0 saturated carbocycles. The van der Waals surface area contributed by atoms with E-state index in [9.17, 15) is 7.77 Å². The fraction of sp³-hybridized carbons (Fsp3) is 0. The Balaban J connectivity index is 0. The Morgan fingerprint density at radius 1 is 1.17 bits per heavy atom. The highest BCUT2D eigenvalue weighted by atomic mass is 32.3. The van der Waals surface area contributed by atoms with Crippen LogP contribution in [-0.4, -0.2) is 8.42 Å². The molecular weight excluding hydrogens is 121 g/mol. The summed E-state index contributed by atoms with van der Waals surface area (Å²) in [7, 11) is -5.67. The van der Waals surface area contributed by atoms with Crippen molar-refractivity contribution in [3.63, 3.8) is 0 Å². The molecule has 0 rings (SSSR count). The van der Waals surface area contributed by atoms with Gasteiger partial charge < -0.3 is 0 Å². The lowest BCUT2D eigenvalue weighted by atomic mass is 15.9. The lowest BCUT2D eigenvalue weighted by Crippen LogP contribution is -1.69. The Hall–Kier alpha value is -0.260. The van der Waals surface area contributed by atoms with E-state index >= 15 is 0 Å². The van der Waals surface area contributed by atoms with Crippen LogP contribution in [0.2, 0.25) is 0 Å². The number of halogens is 3. The molecule has 6 heteroatoms. The van der Waals surface area contributed by atoms with Gasteiger partial charge in [0.1, 0.15) is 0 Å². The Morgan fingerprint density at radius 2 is 1.17 bits per heavy atom. The van der Waals surface area contributed by atoms with Gasteiger partial charge in [-0.1, -0.05) is 7.77 Å². The molecule has 0 atom stereocenters. The zero-order chi connectivity index (χ0) is 4.50. The van der Waals surface area contributed by atoms with Crippen molar-refractivity contribution in [3.05, 3.63) is 0 Å². The van der Waals surface area contributed by atoms with E-state index in [1.165, 1.54) is 0 Å². The van der Waals surface area contributed by atoms with Gasteiger partial charge in [0.2, 0.25) is 0 Å². The van der Waals surface area contributed by atoms with Gasteiger partial charge >= 0.3 is 10.6 Å². The lowest BCUT2D eigenvalue weighted by molar-refractivity contribution is 0.501. The molecule has 0 aromatic heterocycles. The van der Waals surface area contributed by atoms with Crippen molar-refractivity contribution >= 4 is 10.6 Å². The molecule has 0 aromatic carbocycles. The third-order valence-corrected chi connectivity index (χ3v) is 0. The molecule has 0 bridgehead atoms. The van der Waals surface area contributed by atoms with Gasteiger partial charge in [0, 0.05) is 0 Å². The van der Waals surface area contributed by atoms with Crippen LogP contribution in [0, 0.1) is 0 Å². The third kappa shape index (κ3) is 415. The SMILES string of the molecule is F.O=S(=O)(F)F. The zero-order valence-corrected chi connectivity index (χ0v) is 3.21. The normalized spacial score (nSPS) is 9.67. The largest absolute Gasteiger partial charge is 0.476 e. The molecule has 6 heavy (non-hydrogen) atoms. The van der Waals surface area contributed by atoms with E-state index in [1.807, 2.05) is 0 Å². The van der Waals surface area contributed by atoms with Crippen molar-refractivity contribution in [3.8, 4) is 0 Å². The van der Waals surface area contributed by atoms with E-state index in [-0.39, 0.29) is 4.70 Å². The molecular formula is HF3O2S. The molecule has 0 spiro atoms. The summed E-state index contributed by atoms with van der Waals surface area (Å²) >= 11 is 0. The Bertz CT molecular complexity index is 92.0. The van der Waals surface area contributed by atoms with Gasteiger partial charge in [0.25, 0.3) is 0 Å². The van der Waals surface area contributed by atoms with Gasteiger partial charge in [-0.05, 0) is 0 Å². The number of rotatable bonds is 0. The van der Waals surface area contributed by atoms with E-state index < -0.39 is 10.6 Å². The zero-order valence-electron chi connectivity index (χ0n) is 2.39. The maximum absolute atomic E-state index is 9.99. The predicted octanol–water partition coefficient (Wildman–Crippen LogP) is 0.323. The second kappa shape index (κ2) is 2.01. The minimum absolute atomic E-state index is 0. The van der Waals surface area contributed by atoms with Crippen molar-refractivity contribution in [1.29, 1.82) is 0 Å². The fourth-order valence-corrected chi connectivity index (χ4v) is 0. The molecule has 0 aliphatic carbocycles. The van der Waals surface area contributed by atoms with Gasteiger partial charge in [-0.3, -0.25) is 4.70 Å². The van der Waals surface area contributed by atoms with Crippen LogP contribution in [-0.2, 0) is 10.6 Å². The minimum Gasteiger partial charge on any atom is -0.269 e. The third-order valence-electron chi connectivity index (χ3n) is 0. The molecule has 0 aliphatic rings. The number of hydrogen-bond donors (Lipinski definition) is 0. The van der Waals surface area contributed by atoms with Crippen molar-refractivity contribution < 1.29 is 20.9 Å². The molecule has 0 saturated heterocycles. The monoisotopic (exact) mass is 122 g/mol. The van der Waals surface area contributed by atoms with Crippen LogP contribution in [0.1, 0.15) is 0 Å². The highest BCUT2D eigenvalue weighted by Crippen LogP contribution is 1.85. The second-order valence-electron chi connectivity index (χ2n) is 0.378. The van der Waals surface area contributed by atoms with Crippen molar-refractivity contribution in [2.45, 2.75) is 0 Å². The van der Waals surface area contributed by atoms with Crippen LogP contribution in [0.4, 0.5) is 12.5 Å². The molecule has 0 radical (unpaired) electrons. The molecule has 0 N–H and O–H groups in total. The summed E-state index contributed by atoms with van der Waals surface area (Å²) in [6, 6.07) is 0. The van der Waals surface area contributed by atoms with E-state index in [1.54, 1.807) is 0 Å². The Kier molecular flexibility index (Phi) is 3.09. The fourth-order valence-electron chi connectivity index (χ4n) is 0. The first-order chi connectivity index (χ1) is 2.00. The summed E-state index contributed by atoms with van der Waals surface area (Å²) < 4.78 is 36.6. The smallest absolute Gasteiger partial charge is 0.269 e. The van der Waals surface area contributed by atoms with Crippen molar-refractivity contribution in [1.82, 2.24) is 0 Å². The van der Waals surface area contributed by atoms with Gasteiger partial charge in [-0.15, -0.1) is 0 Å². The average Bonchev–Trinajstić information content (AvgIpc) is 0.722. The van der Waals surface area contributed by atoms with Crippen LogP contribution >= 0.6 is 0 Å². The second-order valence-corrected chi connectivity index (χ2v) is 1.14. The predicted molar refractivity (Wildman–Crippen MR) is 13.6 cm³/mol. The molecule has 0 fully saturated rings. The summed E-state index contributed by atoms with van der Waals surface area (Å²) in [6.45, 7) is 0. The van der Waals surface area contributed by atoms with Crippen LogP contribution in [0.5, 0.6) is 0 Å². The van der Waals surface area contributed by atoms with Gasteiger partial charge in [-0.2, -0.15) is 8.42 Å². The van der Waals surface area contributed by atoms with Crippen LogP contribution in [0.15, 0.2) is 0 Å². The molecule has 0 unspecified atom stereocenters. The molecule has 0 aliphatic heterocycles. The van der Waals surface area contributed by atoms with E-state index in [2.05, 4.69) is 0 Å². The maximum Gasteiger partial charge on any atom is 0.476 e. The maximum atomic E-state index is 9.99. The van der Waals surface area contributed by atoms with Gasteiger partial charge in [0.05, 0.1) is 0 Å². The number of hydrogen-bond acceptors (Lipinski definition) is 2. The van der Waals surface area contributed by atoms with E-state index in [0.29, 0.717) is 0 Å². The first kappa shape index (κ1) is 9.22. The molecule has 2 nitrogen and oxygen atoms in total. The molecule has 0 amide bonds. The first-order valence-corrected chi connectivity index (χ1v) is 1.93. The van der Waals surface area contributed by atoms with Crippen molar-refractivity contribution in [2.75, 3.05) is 0 Å². The molecule has 40 valence electrons. The quantitative estimate of drug-likeness (QED) is 0.433. The lowest BCUT2D eigenvalue weighted by Gasteiger charge is -1.57. The topological polar surface area (TPSA) is 34.1 Å². The average molecular weight is 122 g/mol. The Labute approximate surface area is 32.7 Å². The van der Waals surface area contributed by atoms with Crippen LogP contribution < -0.4 is 0 Å². The Morgan fingerprint density at radius 3 is 1.17 bits per heavy atom. The highest BCUT2D eigenvalue weighted by Gasteiger charge is 1.94. The standard InChI is InChI=1S/F2O2S.FH/c1-5(2,3)4;/h;1H. The van der Waals surface area contributed by atoms with E-state index in [4.69, 9.17) is 8.42 Å². The van der Waals surface area contributed by atoms with Crippen LogP contribution in [0.25, 0.3) is 0 Å². The molecule has 0 heterocycles. The summed E-state index contributed by atoms with van der Waals surface area (Å²) in [5, 5.41) is 0.